The van der Waals surface area contributed by atoms with Gasteiger partial charge in [-0.25, -0.2) is 22.5 Å². The summed E-state index contributed by atoms with van der Waals surface area (Å²) in [5, 5.41) is 0. The lowest BCUT2D eigenvalue weighted by Gasteiger charge is -2.18. The number of halogens is 4. The molecule has 152 valence electrons. The second kappa shape index (κ2) is 7.55. The average Bonchev–Trinajstić information content (AvgIpc) is 3.08. The predicted octanol–water partition coefficient (Wildman–Crippen LogP) is 2.81. The molecule has 1 N–H and O–H groups in total. The Labute approximate surface area is 159 Å². The van der Waals surface area contributed by atoms with Crippen molar-refractivity contribution >= 4 is 15.8 Å². The van der Waals surface area contributed by atoms with E-state index in [-0.39, 0.29) is 17.2 Å². The van der Waals surface area contributed by atoms with Gasteiger partial charge >= 0.3 is 6.18 Å². The van der Waals surface area contributed by atoms with Crippen LogP contribution in [0.5, 0.6) is 5.75 Å². The Kier molecular flexibility index (Phi) is 5.48. The van der Waals surface area contributed by atoms with E-state index in [0.717, 1.165) is 18.3 Å². The maximum absolute atomic E-state index is 13.8. The summed E-state index contributed by atoms with van der Waals surface area (Å²) < 4.78 is 83.8. The molecule has 1 saturated heterocycles. The van der Waals surface area contributed by atoms with Gasteiger partial charge in [-0.2, -0.15) is 13.2 Å². The summed E-state index contributed by atoms with van der Waals surface area (Å²) >= 11 is 0. The summed E-state index contributed by atoms with van der Waals surface area (Å²) in [4.78, 5) is 5.26. The van der Waals surface area contributed by atoms with Crippen molar-refractivity contribution in [2.24, 2.45) is 0 Å². The number of pyridine rings is 1. The van der Waals surface area contributed by atoms with Crippen LogP contribution in [0.1, 0.15) is 12.0 Å². The van der Waals surface area contributed by atoms with E-state index in [9.17, 15) is 26.0 Å². The second-order valence-electron chi connectivity index (χ2n) is 6.25. The van der Waals surface area contributed by atoms with E-state index < -0.39 is 33.6 Å². The lowest BCUT2D eigenvalue weighted by atomic mass is 10.3. The van der Waals surface area contributed by atoms with Crippen LogP contribution in [0.15, 0.2) is 41.4 Å². The summed E-state index contributed by atoms with van der Waals surface area (Å²) in [5.74, 6) is -0.545. The summed E-state index contributed by atoms with van der Waals surface area (Å²) in [5.41, 5.74) is -0.853. The van der Waals surface area contributed by atoms with Crippen LogP contribution in [-0.4, -0.2) is 39.6 Å². The number of nitrogens with one attached hydrogen (secondary N) is 1. The lowest BCUT2D eigenvalue weighted by Crippen LogP contribution is -2.37. The van der Waals surface area contributed by atoms with Crippen molar-refractivity contribution in [2.45, 2.75) is 23.5 Å². The van der Waals surface area contributed by atoms with E-state index in [2.05, 4.69) is 9.71 Å². The van der Waals surface area contributed by atoms with Gasteiger partial charge in [0, 0.05) is 25.3 Å². The van der Waals surface area contributed by atoms with Crippen LogP contribution in [-0.2, 0) is 16.2 Å². The van der Waals surface area contributed by atoms with Crippen LogP contribution in [0.3, 0.4) is 0 Å². The molecule has 28 heavy (non-hydrogen) atoms. The van der Waals surface area contributed by atoms with E-state index in [1.165, 1.54) is 25.3 Å². The number of benzene rings is 1. The molecule has 1 fully saturated rings. The molecule has 0 aliphatic carbocycles. The zero-order valence-corrected chi connectivity index (χ0v) is 15.5. The molecule has 0 spiro atoms. The first-order valence-electron chi connectivity index (χ1n) is 8.24. The zero-order valence-electron chi connectivity index (χ0n) is 14.7. The first kappa shape index (κ1) is 20.3. The highest BCUT2D eigenvalue weighted by Gasteiger charge is 2.32. The molecule has 0 amide bonds. The number of anilines is 1. The molecular weight excluding hydrogens is 402 g/mol. The third kappa shape index (κ3) is 4.36. The smallest absolute Gasteiger partial charge is 0.417 e. The van der Waals surface area contributed by atoms with Gasteiger partial charge in [0.25, 0.3) is 0 Å². The summed E-state index contributed by atoms with van der Waals surface area (Å²) in [7, 11) is -2.69. The molecule has 2 heterocycles. The summed E-state index contributed by atoms with van der Waals surface area (Å²) in [6.45, 7) is 0.652. The molecule has 1 aromatic heterocycles. The maximum atomic E-state index is 13.8. The number of methoxy groups -OCH3 is 1. The van der Waals surface area contributed by atoms with Gasteiger partial charge in [0.15, 0.2) is 11.6 Å². The summed E-state index contributed by atoms with van der Waals surface area (Å²) in [6.07, 6.45) is -3.30. The van der Waals surface area contributed by atoms with Crippen LogP contribution < -0.4 is 14.4 Å². The van der Waals surface area contributed by atoms with E-state index >= 15 is 0 Å². The van der Waals surface area contributed by atoms with Crippen molar-refractivity contribution in [3.63, 3.8) is 0 Å². The van der Waals surface area contributed by atoms with Gasteiger partial charge in [0.05, 0.1) is 17.6 Å². The zero-order chi connectivity index (χ0) is 20.5. The SMILES string of the molecule is COc1ccc(S(=O)(=O)NC2CCN(c3ccc(C(F)(F)F)cn3)C2)cc1F. The van der Waals surface area contributed by atoms with Crippen molar-refractivity contribution in [3.05, 3.63) is 47.9 Å². The Balaban J connectivity index is 1.68. The maximum Gasteiger partial charge on any atom is 0.417 e. The van der Waals surface area contributed by atoms with E-state index in [1.807, 2.05) is 0 Å². The molecule has 1 aliphatic heterocycles. The standard InChI is InChI=1S/C17H17F4N3O3S/c1-27-15-4-3-13(8-14(15)18)28(25,26)23-12-6-7-24(10-12)16-5-2-11(9-22-16)17(19,20)21/h2-5,8-9,12,23H,6-7,10H2,1H3. The minimum Gasteiger partial charge on any atom is -0.494 e. The molecule has 6 nitrogen and oxygen atoms in total. The Hall–Kier alpha value is -2.40. The molecule has 3 rings (SSSR count). The van der Waals surface area contributed by atoms with Gasteiger partial charge in [-0.1, -0.05) is 0 Å². The van der Waals surface area contributed by atoms with Crippen molar-refractivity contribution < 1.29 is 30.7 Å². The van der Waals surface area contributed by atoms with Gasteiger partial charge in [-0.15, -0.1) is 0 Å². The molecule has 1 unspecified atom stereocenters. The number of nitrogens with zero attached hydrogens (tertiary/aromatic N) is 2. The monoisotopic (exact) mass is 419 g/mol. The molecule has 0 radical (unpaired) electrons. The van der Waals surface area contributed by atoms with Crippen LogP contribution in [0.25, 0.3) is 0 Å². The quantitative estimate of drug-likeness (QED) is 0.755. The highest BCUT2D eigenvalue weighted by Crippen LogP contribution is 2.30. The first-order chi connectivity index (χ1) is 13.1. The summed E-state index contributed by atoms with van der Waals surface area (Å²) in [6, 6.07) is 5.01. The molecule has 0 saturated carbocycles. The highest BCUT2D eigenvalue weighted by molar-refractivity contribution is 7.89. The lowest BCUT2D eigenvalue weighted by molar-refractivity contribution is -0.137. The average molecular weight is 419 g/mol. The van der Waals surface area contributed by atoms with Crippen LogP contribution >= 0.6 is 0 Å². The van der Waals surface area contributed by atoms with E-state index in [1.54, 1.807) is 4.90 Å². The molecular formula is C17H17F4N3O3S. The fourth-order valence-corrected chi connectivity index (χ4v) is 4.18. The second-order valence-corrected chi connectivity index (χ2v) is 7.97. The number of rotatable bonds is 5. The molecule has 1 aromatic carbocycles. The Morgan fingerprint density at radius 3 is 2.57 bits per heavy atom. The van der Waals surface area contributed by atoms with Crippen molar-refractivity contribution in [1.29, 1.82) is 0 Å². The number of hydrogen-bond acceptors (Lipinski definition) is 5. The molecule has 11 heteroatoms. The first-order valence-corrected chi connectivity index (χ1v) is 9.72. The van der Waals surface area contributed by atoms with Gasteiger partial charge in [0.1, 0.15) is 5.82 Å². The number of alkyl halides is 3. The largest absolute Gasteiger partial charge is 0.494 e. The van der Waals surface area contributed by atoms with Crippen LogP contribution in [0, 0.1) is 5.82 Å². The number of sulfonamides is 1. The number of hydrogen-bond donors (Lipinski definition) is 1. The fraction of sp³-hybridized carbons (Fsp3) is 0.353. The van der Waals surface area contributed by atoms with Crippen molar-refractivity contribution in [3.8, 4) is 5.75 Å². The minimum atomic E-state index is -4.47. The number of aromatic nitrogens is 1. The van der Waals surface area contributed by atoms with E-state index in [0.29, 0.717) is 18.8 Å². The Morgan fingerprint density at radius 1 is 1.25 bits per heavy atom. The topological polar surface area (TPSA) is 71.5 Å². The predicted molar refractivity (Wildman–Crippen MR) is 93.1 cm³/mol. The Bertz CT molecular complexity index is 949. The Morgan fingerprint density at radius 2 is 2.00 bits per heavy atom. The molecule has 1 atom stereocenters. The van der Waals surface area contributed by atoms with Crippen LogP contribution in [0.4, 0.5) is 23.4 Å². The van der Waals surface area contributed by atoms with Gasteiger partial charge in [0.2, 0.25) is 10.0 Å². The van der Waals surface area contributed by atoms with Gasteiger partial charge in [-0.3, -0.25) is 0 Å². The highest BCUT2D eigenvalue weighted by atomic mass is 32.2. The number of ether oxygens (including phenoxy) is 1. The molecule has 1 aliphatic rings. The van der Waals surface area contributed by atoms with Gasteiger partial charge in [-0.05, 0) is 36.8 Å². The minimum absolute atomic E-state index is 0.0700. The van der Waals surface area contributed by atoms with Crippen LogP contribution in [0.2, 0.25) is 0 Å². The van der Waals surface area contributed by atoms with Gasteiger partial charge < -0.3 is 9.64 Å². The third-order valence-corrected chi connectivity index (χ3v) is 5.86. The molecule has 2 aromatic rings. The van der Waals surface area contributed by atoms with Crippen molar-refractivity contribution in [1.82, 2.24) is 9.71 Å². The third-order valence-electron chi connectivity index (χ3n) is 4.34. The van der Waals surface area contributed by atoms with Crippen molar-refractivity contribution in [2.75, 3.05) is 25.1 Å². The fourth-order valence-electron chi connectivity index (χ4n) is 2.91. The normalized spacial score (nSPS) is 17.8. The molecule has 0 bridgehead atoms. The van der Waals surface area contributed by atoms with E-state index in [4.69, 9.17) is 4.74 Å².